The van der Waals surface area contributed by atoms with Crippen LogP contribution in [0.25, 0.3) is 6.08 Å². The Morgan fingerprint density at radius 3 is 2.81 bits per heavy atom. The Bertz CT molecular complexity index is 943. The van der Waals surface area contributed by atoms with Crippen molar-refractivity contribution in [3.63, 3.8) is 0 Å². The summed E-state index contributed by atoms with van der Waals surface area (Å²) in [4.78, 5) is 40.2. The van der Waals surface area contributed by atoms with Crippen LogP contribution < -0.4 is 15.5 Å². The quantitative estimate of drug-likeness (QED) is 0.586. The SMILES string of the molecule is CC(C)[C@H](NC(=O)Oc1cc(F)ccc1/C=C1/SC(N2CCCCN2)=NC1=O)C(=O)O. The van der Waals surface area contributed by atoms with Crippen molar-refractivity contribution in [2.45, 2.75) is 32.7 Å². The number of carboxylic acid groups (broad SMARTS) is 1. The van der Waals surface area contributed by atoms with Gasteiger partial charge in [0.2, 0.25) is 0 Å². The van der Waals surface area contributed by atoms with Crippen LogP contribution in [0.1, 0.15) is 32.3 Å². The van der Waals surface area contributed by atoms with Crippen LogP contribution in [0.2, 0.25) is 0 Å². The van der Waals surface area contributed by atoms with Crippen LogP contribution in [0.5, 0.6) is 5.75 Å². The third-order valence-electron chi connectivity index (χ3n) is 4.62. The summed E-state index contributed by atoms with van der Waals surface area (Å²) in [5.74, 6) is -2.83. The lowest BCUT2D eigenvalue weighted by Gasteiger charge is -2.28. The molecule has 2 aliphatic heterocycles. The number of aliphatic imine (C=N–C) groups is 1. The summed E-state index contributed by atoms with van der Waals surface area (Å²) >= 11 is 1.17. The molecule has 31 heavy (non-hydrogen) atoms. The number of ether oxygens (including phenoxy) is 1. The average Bonchev–Trinajstić information content (AvgIpc) is 3.09. The van der Waals surface area contributed by atoms with Gasteiger partial charge < -0.3 is 15.2 Å². The smallest absolute Gasteiger partial charge is 0.413 e. The average molecular weight is 450 g/mol. The van der Waals surface area contributed by atoms with Crippen LogP contribution in [-0.2, 0) is 9.59 Å². The van der Waals surface area contributed by atoms with Crippen molar-refractivity contribution < 1.29 is 28.6 Å². The molecule has 3 N–H and O–H groups in total. The molecule has 0 spiro atoms. The molecule has 0 unspecified atom stereocenters. The molecule has 0 saturated carbocycles. The van der Waals surface area contributed by atoms with Crippen molar-refractivity contribution >= 4 is 41.0 Å². The lowest BCUT2D eigenvalue weighted by Crippen LogP contribution is -2.45. The van der Waals surface area contributed by atoms with E-state index in [1.807, 2.05) is 5.01 Å². The van der Waals surface area contributed by atoms with Crippen LogP contribution >= 0.6 is 11.8 Å². The van der Waals surface area contributed by atoms with E-state index in [1.54, 1.807) is 13.8 Å². The molecule has 9 nitrogen and oxygen atoms in total. The van der Waals surface area contributed by atoms with E-state index < -0.39 is 29.8 Å². The first-order valence-electron chi connectivity index (χ1n) is 9.79. The highest BCUT2D eigenvalue weighted by atomic mass is 32.2. The molecule has 0 aromatic heterocycles. The monoisotopic (exact) mass is 450 g/mol. The maximum Gasteiger partial charge on any atom is 0.413 e. The maximum atomic E-state index is 13.8. The first-order valence-corrected chi connectivity index (χ1v) is 10.6. The van der Waals surface area contributed by atoms with Gasteiger partial charge in [-0.15, -0.1) is 0 Å². The molecule has 11 heteroatoms. The number of carbonyl (C=O) groups is 3. The second-order valence-electron chi connectivity index (χ2n) is 7.35. The van der Waals surface area contributed by atoms with Gasteiger partial charge >= 0.3 is 12.1 Å². The van der Waals surface area contributed by atoms with Gasteiger partial charge in [0.05, 0.1) is 4.91 Å². The van der Waals surface area contributed by atoms with Crippen molar-refractivity contribution in [1.82, 2.24) is 15.8 Å². The number of amides is 2. The minimum absolute atomic E-state index is 0.143. The summed E-state index contributed by atoms with van der Waals surface area (Å²) in [7, 11) is 0. The third kappa shape index (κ3) is 5.82. The van der Waals surface area contributed by atoms with Crippen LogP contribution in [0.15, 0.2) is 28.1 Å². The normalized spacial score (nSPS) is 18.8. The van der Waals surface area contributed by atoms with Gasteiger partial charge in [-0.3, -0.25) is 9.80 Å². The fourth-order valence-corrected chi connectivity index (χ4v) is 3.90. The number of nitrogens with one attached hydrogen (secondary N) is 2. The number of aliphatic carboxylic acids is 1. The van der Waals surface area contributed by atoms with Gasteiger partial charge in [-0.2, -0.15) is 4.99 Å². The fraction of sp³-hybridized carbons (Fsp3) is 0.400. The highest BCUT2D eigenvalue weighted by Gasteiger charge is 2.28. The molecule has 3 rings (SSSR count). The molecule has 1 fully saturated rings. The van der Waals surface area contributed by atoms with Crippen molar-refractivity contribution in [2.24, 2.45) is 10.9 Å². The molecule has 0 bridgehead atoms. The molecule has 1 aromatic rings. The van der Waals surface area contributed by atoms with Crippen LogP contribution in [0.3, 0.4) is 0 Å². The zero-order chi connectivity index (χ0) is 22.5. The number of amidine groups is 1. The Labute approximate surface area is 182 Å². The largest absolute Gasteiger partial charge is 0.480 e. The minimum atomic E-state index is -1.21. The maximum absolute atomic E-state index is 13.8. The Kier molecular flexibility index (Phi) is 7.29. The van der Waals surface area contributed by atoms with E-state index >= 15 is 0 Å². The van der Waals surface area contributed by atoms with Gasteiger partial charge in [0.25, 0.3) is 5.91 Å². The number of benzene rings is 1. The number of nitrogens with zero attached hydrogens (tertiary/aromatic N) is 2. The number of halogens is 1. The molecule has 2 heterocycles. The lowest BCUT2D eigenvalue weighted by atomic mass is 10.1. The van der Waals surface area contributed by atoms with Crippen molar-refractivity contribution in [1.29, 1.82) is 0 Å². The molecular formula is C20H23FN4O5S. The summed E-state index contributed by atoms with van der Waals surface area (Å²) in [6.07, 6.45) is 2.46. The van der Waals surface area contributed by atoms with E-state index in [1.165, 1.54) is 30.0 Å². The van der Waals surface area contributed by atoms with Crippen molar-refractivity contribution in [3.05, 3.63) is 34.5 Å². The number of hydrogen-bond donors (Lipinski definition) is 3. The van der Waals surface area contributed by atoms with Gasteiger partial charge in [-0.25, -0.2) is 19.4 Å². The van der Waals surface area contributed by atoms with Gasteiger partial charge in [0.1, 0.15) is 17.6 Å². The number of carbonyl (C=O) groups excluding carboxylic acids is 2. The highest BCUT2D eigenvalue weighted by Crippen LogP contribution is 2.32. The van der Waals surface area contributed by atoms with E-state index in [0.717, 1.165) is 32.0 Å². The third-order valence-corrected chi connectivity index (χ3v) is 5.63. The number of hydrazine groups is 1. The first-order chi connectivity index (χ1) is 14.7. The van der Waals surface area contributed by atoms with Crippen LogP contribution in [0.4, 0.5) is 9.18 Å². The van der Waals surface area contributed by atoms with Crippen molar-refractivity contribution in [3.8, 4) is 5.75 Å². The van der Waals surface area contributed by atoms with Gasteiger partial charge in [-0.05, 0) is 48.7 Å². The molecule has 2 aliphatic rings. The van der Waals surface area contributed by atoms with Crippen molar-refractivity contribution in [2.75, 3.05) is 13.1 Å². The van der Waals surface area contributed by atoms with Crippen LogP contribution in [-0.4, -0.2) is 52.4 Å². The van der Waals surface area contributed by atoms with E-state index in [4.69, 9.17) is 4.74 Å². The zero-order valence-corrected chi connectivity index (χ0v) is 17.9. The topological polar surface area (TPSA) is 120 Å². The number of carboxylic acids is 1. The summed E-state index contributed by atoms with van der Waals surface area (Å²) in [6, 6.07) is 2.37. The molecule has 0 radical (unpaired) electrons. The van der Waals surface area contributed by atoms with E-state index in [0.29, 0.717) is 10.1 Å². The number of thioether (sulfide) groups is 1. The molecular weight excluding hydrogens is 427 g/mol. The molecule has 2 amide bonds. The lowest BCUT2D eigenvalue weighted by molar-refractivity contribution is -0.140. The summed E-state index contributed by atoms with van der Waals surface area (Å²) in [5, 5.41) is 13.8. The van der Waals surface area contributed by atoms with Crippen LogP contribution in [0, 0.1) is 11.7 Å². The Morgan fingerprint density at radius 1 is 1.39 bits per heavy atom. The molecule has 166 valence electrons. The fourth-order valence-electron chi connectivity index (χ4n) is 2.99. The number of hydrogen-bond acceptors (Lipinski definition) is 7. The van der Waals surface area contributed by atoms with Gasteiger partial charge in [0.15, 0.2) is 5.17 Å². The molecule has 1 saturated heterocycles. The summed E-state index contributed by atoms with van der Waals surface area (Å²) < 4.78 is 18.9. The Hall–Kier alpha value is -2.92. The molecule has 1 aromatic carbocycles. The Balaban J connectivity index is 1.76. The molecule has 1 atom stereocenters. The first kappa shape index (κ1) is 22.8. The Morgan fingerprint density at radius 2 is 2.16 bits per heavy atom. The summed E-state index contributed by atoms with van der Waals surface area (Å²) in [6.45, 7) is 4.80. The van der Waals surface area contributed by atoms with E-state index in [2.05, 4.69) is 15.7 Å². The molecule has 0 aliphatic carbocycles. The predicted molar refractivity (Wildman–Crippen MR) is 114 cm³/mol. The second-order valence-corrected chi connectivity index (χ2v) is 8.36. The highest BCUT2D eigenvalue weighted by molar-refractivity contribution is 8.18. The standard InChI is InChI=1S/C20H23FN4O5S/c1-11(2)16(18(27)28)23-20(29)30-14-10-13(21)6-5-12(14)9-15-17(26)24-19(31-15)25-8-4-3-7-22-25/h5-6,9-11,16,22H,3-4,7-8H2,1-2H3,(H,23,29)(H,27,28)/b15-9+/t16-/m0/s1. The summed E-state index contributed by atoms with van der Waals surface area (Å²) in [5.41, 5.74) is 3.46. The number of rotatable bonds is 5. The van der Waals surface area contributed by atoms with Gasteiger partial charge in [0, 0.05) is 24.7 Å². The van der Waals surface area contributed by atoms with E-state index in [9.17, 15) is 23.9 Å². The van der Waals surface area contributed by atoms with E-state index in [-0.39, 0.29) is 17.2 Å². The predicted octanol–water partition coefficient (Wildman–Crippen LogP) is 2.59. The second kappa shape index (κ2) is 9.92. The van der Waals surface area contributed by atoms with Gasteiger partial charge in [-0.1, -0.05) is 13.8 Å². The zero-order valence-electron chi connectivity index (χ0n) is 17.1. The minimum Gasteiger partial charge on any atom is -0.480 e.